The van der Waals surface area contributed by atoms with Gasteiger partial charge < -0.3 is 9.32 Å². The van der Waals surface area contributed by atoms with Gasteiger partial charge in [0.25, 0.3) is 0 Å². The summed E-state index contributed by atoms with van der Waals surface area (Å²) in [4.78, 5) is 14.1. The molecule has 0 saturated carbocycles. The summed E-state index contributed by atoms with van der Waals surface area (Å²) in [7, 11) is -1.56. The Kier molecular flexibility index (Phi) is 5.48. The highest BCUT2D eigenvalue weighted by Crippen LogP contribution is 2.21. The van der Waals surface area contributed by atoms with Crippen molar-refractivity contribution in [2.75, 3.05) is 25.9 Å². The van der Waals surface area contributed by atoms with Crippen LogP contribution in [0.3, 0.4) is 0 Å². The molecule has 1 aromatic carbocycles. The number of fused-ring (bicyclic) bond motifs is 1. The summed E-state index contributed by atoms with van der Waals surface area (Å²) >= 11 is 0. The fraction of sp³-hybridized carbons (Fsp3) is 0.421. The third-order valence-electron chi connectivity index (χ3n) is 4.93. The SMILES string of the molecule is CCS(=O)(=O)N(C)C1CCN(C(=O)C=Cc2cc3ccccc3o2)CC1. The molecule has 0 atom stereocenters. The summed E-state index contributed by atoms with van der Waals surface area (Å²) in [6, 6.07) is 9.56. The minimum Gasteiger partial charge on any atom is -0.457 e. The molecule has 1 aliphatic rings. The Morgan fingerprint density at radius 3 is 2.65 bits per heavy atom. The first-order valence-electron chi connectivity index (χ1n) is 8.82. The lowest BCUT2D eigenvalue weighted by atomic mass is 10.1. The van der Waals surface area contributed by atoms with Gasteiger partial charge in [0, 0.05) is 37.6 Å². The lowest BCUT2D eigenvalue weighted by molar-refractivity contribution is -0.127. The van der Waals surface area contributed by atoms with Crippen LogP contribution in [0.4, 0.5) is 0 Å². The molecule has 0 spiro atoms. The zero-order valence-corrected chi connectivity index (χ0v) is 15.9. The molecule has 3 rings (SSSR count). The molecule has 7 heteroatoms. The van der Waals surface area contributed by atoms with E-state index in [1.807, 2.05) is 30.3 Å². The summed E-state index contributed by atoms with van der Waals surface area (Å²) < 4.78 is 31.1. The summed E-state index contributed by atoms with van der Waals surface area (Å²) in [5.41, 5.74) is 0.792. The molecule has 1 amide bonds. The van der Waals surface area contributed by atoms with E-state index in [0.717, 1.165) is 11.0 Å². The van der Waals surface area contributed by atoms with Gasteiger partial charge in [-0.3, -0.25) is 4.79 Å². The van der Waals surface area contributed by atoms with E-state index in [1.54, 1.807) is 24.9 Å². The Morgan fingerprint density at radius 1 is 1.31 bits per heavy atom. The molecule has 140 valence electrons. The number of benzene rings is 1. The average molecular weight is 376 g/mol. The van der Waals surface area contributed by atoms with Gasteiger partial charge in [-0.2, -0.15) is 0 Å². The molecule has 0 radical (unpaired) electrons. The third kappa shape index (κ3) is 3.99. The minimum atomic E-state index is -3.19. The van der Waals surface area contributed by atoms with Crippen LogP contribution in [-0.4, -0.2) is 55.5 Å². The number of nitrogens with zero attached hydrogens (tertiary/aromatic N) is 2. The molecule has 26 heavy (non-hydrogen) atoms. The van der Waals surface area contributed by atoms with Crippen molar-refractivity contribution in [3.05, 3.63) is 42.2 Å². The average Bonchev–Trinajstić information content (AvgIpc) is 3.08. The molecular weight excluding hydrogens is 352 g/mol. The van der Waals surface area contributed by atoms with E-state index in [4.69, 9.17) is 4.42 Å². The number of amides is 1. The zero-order chi connectivity index (χ0) is 18.7. The first-order valence-corrected chi connectivity index (χ1v) is 10.4. The van der Waals surface area contributed by atoms with Crippen molar-refractivity contribution in [1.82, 2.24) is 9.21 Å². The molecule has 0 bridgehead atoms. The maximum absolute atomic E-state index is 12.4. The number of carbonyl (C=O) groups excluding carboxylic acids is 1. The molecule has 2 aromatic rings. The van der Waals surface area contributed by atoms with Crippen molar-refractivity contribution in [1.29, 1.82) is 0 Å². The first kappa shape index (κ1) is 18.7. The second kappa shape index (κ2) is 7.63. The van der Waals surface area contributed by atoms with Crippen molar-refractivity contribution in [2.24, 2.45) is 0 Å². The maximum atomic E-state index is 12.4. The number of piperidine rings is 1. The molecule has 6 nitrogen and oxygen atoms in total. The standard InChI is InChI=1S/C19H24N2O4S/c1-3-26(23,24)20(2)16-10-12-21(13-11-16)19(22)9-8-17-14-15-6-4-5-7-18(15)25-17/h4-9,14,16H,3,10-13H2,1-2H3. The molecule has 1 aliphatic heterocycles. The lowest BCUT2D eigenvalue weighted by Crippen LogP contribution is -2.47. The van der Waals surface area contributed by atoms with Gasteiger partial charge in [0.15, 0.2) is 0 Å². The Bertz CT molecular complexity index is 876. The van der Waals surface area contributed by atoms with Crippen LogP contribution in [0, 0.1) is 0 Å². The highest BCUT2D eigenvalue weighted by molar-refractivity contribution is 7.89. The van der Waals surface area contributed by atoms with Crippen LogP contribution in [0.1, 0.15) is 25.5 Å². The fourth-order valence-corrected chi connectivity index (χ4v) is 4.30. The van der Waals surface area contributed by atoms with Gasteiger partial charge in [-0.15, -0.1) is 0 Å². The van der Waals surface area contributed by atoms with Crippen LogP contribution in [0.2, 0.25) is 0 Å². The summed E-state index contributed by atoms with van der Waals surface area (Å²) in [5.74, 6) is 0.663. The van der Waals surface area contributed by atoms with E-state index >= 15 is 0 Å². The Morgan fingerprint density at radius 2 is 2.00 bits per heavy atom. The van der Waals surface area contributed by atoms with Crippen molar-refractivity contribution in [2.45, 2.75) is 25.8 Å². The fourth-order valence-electron chi connectivity index (χ4n) is 3.22. The topological polar surface area (TPSA) is 70.8 Å². The van der Waals surface area contributed by atoms with Gasteiger partial charge in [0.1, 0.15) is 11.3 Å². The summed E-state index contributed by atoms with van der Waals surface area (Å²) in [5, 5.41) is 1.00. The third-order valence-corrected chi connectivity index (χ3v) is 6.83. The van der Waals surface area contributed by atoms with Gasteiger partial charge in [-0.25, -0.2) is 12.7 Å². The number of hydrogen-bond acceptors (Lipinski definition) is 4. The molecule has 0 unspecified atom stereocenters. The second-order valence-electron chi connectivity index (χ2n) is 6.49. The largest absolute Gasteiger partial charge is 0.457 e. The molecule has 2 heterocycles. The van der Waals surface area contributed by atoms with Gasteiger partial charge in [0.05, 0.1) is 5.75 Å². The van der Waals surface area contributed by atoms with Crippen LogP contribution in [0.5, 0.6) is 0 Å². The molecule has 1 saturated heterocycles. The number of rotatable bonds is 5. The monoisotopic (exact) mass is 376 g/mol. The number of likely N-dealkylation sites (tertiary alicyclic amines) is 1. The summed E-state index contributed by atoms with van der Waals surface area (Å²) in [6.07, 6.45) is 4.51. The molecular formula is C19H24N2O4S. The molecule has 1 aromatic heterocycles. The van der Waals surface area contributed by atoms with Crippen molar-refractivity contribution >= 4 is 33.0 Å². The van der Waals surface area contributed by atoms with E-state index in [9.17, 15) is 13.2 Å². The van der Waals surface area contributed by atoms with E-state index in [0.29, 0.717) is 31.7 Å². The quantitative estimate of drug-likeness (QED) is 0.753. The Labute approximate surface area is 154 Å². The number of para-hydroxylation sites is 1. The van der Waals surface area contributed by atoms with E-state index in [-0.39, 0.29) is 17.7 Å². The van der Waals surface area contributed by atoms with Gasteiger partial charge in [0.2, 0.25) is 15.9 Å². The predicted molar refractivity (Wildman–Crippen MR) is 102 cm³/mol. The van der Waals surface area contributed by atoms with E-state index in [2.05, 4.69) is 0 Å². The van der Waals surface area contributed by atoms with Crippen molar-refractivity contribution in [3.8, 4) is 0 Å². The molecule has 0 N–H and O–H groups in total. The van der Waals surface area contributed by atoms with Gasteiger partial charge in [-0.05, 0) is 38.0 Å². The van der Waals surface area contributed by atoms with Crippen LogP contribution in [-0.2, 0) is 14.8 Å². The maximum Gasteiger partial charge on any atom is 0.246 e. The van der Waals surface area contributed by atoms with Crippen molar-refractivity contribution < 1.29 is 17.6 Å². The van der Waals surface area contributed by atoms with Crippen molar-refractivity contribution in [3.63, 3.8) is 0 Å². The molecule has 1 fully saturated rings. The van der Waals surface area contributed by atoms with Crippen LogP contribution >= 0.6 is 0 Å². The number of furan rings is 1. The smallest absolute Gasteiger partial charge is 0.246 e. The number of hydrogen-bond donors (Lipinski definition) is 0. The lowest BCUT2D eigenvalue weighted by Gasteiger charge is -2.35. The Hall–Kier alpha value is -2.12. The zero-order valence-electron chi connectivity index (χ0n) is 15.1. The summed E-state index contributed by atoms with van der Waals surface area (Å²) in [6.45, 7) is 2.75. The van der Waals surface area contributed by atoms with Gasteiger partial charge in [-0.1, -0.05) is 18.2 Å². The van der Waals surface area contributed by atoms with Crippen LogP contribution < -0.4 is 0 Å². The minimum absolute atomic E-state index is 0.0386. The highest BCUT2D eigenvalue weighted by atomic mass is 32.2. The Balaban J connectivity index is 1.58. The van der Waals surface area contributed by atoms with Crippen LogP contribution in [0.25, 0.3) is 17.0 Å². The van der Waals surface area contributed by atoms with Crippen LogP contribution in [0.15, 0.2) is 40.8 Å². The van der Waals surface area contributed by atoms with E-state index in [1.165, 1.54) is 10.4 Å². The van der Waals surface area contributed by atoms with Gasteiger partial charge >= 0.3 is 0 Å². The normalized spacial score (nSPS) is 16.8. The number of sulfonamides is 1. The van der Waals surface area contributed by atoms with E-state index < -0.39 is 10.0 Å². The molecule has 0 aliphatic carbocycles. The number of carbonyl (C=O) groups is 1. The first-order chi connectivity index (χ1) is 12.4. The highest BCUT2D eigenvalue weighted by Gasteiger charge is 2.29. The predicted octanol–water partition coefficient (Wildman–Crippen LogP) is 2.72. The second-order valence-corrected chi connectivity index (χ2v) is 8.81.